The second-order valence-electron chi connectivity index (χ2n) is 5.21. The predicted molar refractivity (Wildman–Crippen MR) is 81.9 cm³/mol. The molecule has 2 unspecified atom stereocenters. The van der Waals surface area contributed by atoms with E-state index in [0.717, 1.165) is 5.56 Å². The second-order valence-corrected chi connectivity index (χ2v) is 5.86. The molecule has 0 aliphatic carbocycles. The van der Waals surface area contributed by atoms with Crippen LogP contribution in [-0.4, -0.2) is 46.4 Å². The third-order valence-electron chi connectivity index (χ3n) is 3.36. The number of halogens is 1. The quantitative estimate of drug-likeness (QED) is 0.473. The topological polar surface area (TPSA) is 72.7 Å². The number of morpholine rings is 1. The van der Waals surface area contributed by atoms with Crippen LogP contribution in [0.3, 0.4) is 0 Å². The first-order valence-electron chi connectivity index (χ1n) is 6.68. The van der Waals surface area contributed by atoms with Crippen LogP contribution in [-0.2, 0) is 4.74 Å². The van der Waals surface area contributed by atoms with Crippen molar-refractivity contribution in [2.24, 2.45) is 0 Å². The molecule has 2 atom stereocenters. The Morgan fingerprint density at radius 3 is 2.86 bits per heavy atom. The lowest BCUT2D eigenvalue weighted by atomic mass is 10.1. The number of nitro groups is 1. The summed E-state index contributed by atoms with van der Waals surface area (Å²) in [5.74, 6) is -0.313. The van der Waals surface area contributed by atoms with Gasteiger partial charge in [0.05, 0.1) is 17.1 Å². The van der Waals surface area contributed by atoms with Crippen molar-refractivity contribution in [1.29, 1.82) is 0 Å². The van der Waals surface area contributed by atoms with Gasteiger partial charge in [-0.05, 0) is 25.5 Å². The summed E-state index contributed by atoms with van der Waals surface area (Å²) < 4.78 is 5.68. The lowest BCUT2D eigenvalue weighted by Crippen LogP contribution is -2.49. The van der Waals surface area contributed by atoms with Gasteiger partial charge in [-0.25, -0.2) is 0 Å². The molecule has 0 bridgehead atoms. The first kappa shape index (κ1) is 15.9. The highest BCUT2D eigenvalue weighted by Crippen LogP contribution is 2.23. The zero-order chi connectivity index (χ0) is 15.6. The van der Waals surface area contributed by atoms with Crippen LogP contribution in [0.2, 0.25) is 0 Å². The van der Waals surface area contributed by atoms with Gasteiger partial charge in [-0.1, -0.05) is 22.0 Å². The number of hydrogen-bond acceptors (Lipinski definition) is 4. The van der Waals surface area contributed by atoms with E-state index in [4.69, 9.17) is 4.74 Å². The molecule has 1 amide bonds. The molecule has 0 spiro atoms. The molecular weight excluding hydrogens is 340 g/mol. The Hall–Kier alpha value is -1.47. The van der Waals surface area contributed by atoms with Gasteiger partial charge in [0.2, 0.25) is 0 Å². The Balaban J connectivity index is 2.31. The Morgan fingerprint density at radius 2 is 2.24 bits per heavy atom. The van der Waals surface area contributed by atoms with Crippen molar-refractivity contribution < 1.29 is 14.5 Å². The first-order valence-corrected chi connectivity index (χ1v) is 7.80. The summed E-state index contributed by atoms with van der Waals surface area (Å²) in [5.41, 5.74) is 0.810. The zero-order valence-electron chi connectivity index (χ0n) is 11.9. The van der Waals surface area contributed by atoms with Gasteiger partial charge in [-0.15, -0.1) is 0 Å². The third kappa shape index (κ3) is 3.59. The number of nitro benzene ring substituents is 1. The van der Waals surface area contributed by atoms with E-state index in [1.807, 2.05) is 13.8 Å². The van der Waals surface area contributed by atoms with Gasteiger partial charge in [0.15, 0.2) is 0 Å². The van der Waals surface area contributed by atoms with E-state index in [-0.39, 0.29) is 29.4 Å². The Morgan fingerprint density at radius 1 is 1.52 bits per heavy atom. The highest BCUT2D eigenvalue weighted by Gasteiger charge is 2.31. The molecule has 114 valence electrons. The molecule has 1 saturated heterocycles. The minimum atomic E-state index is -0.515. The normalized spacial score (nSPS) is 22.1. The number of carbonyl (C=O) groups excluding carboxylic acids is 1. The summed E-state index contributed by atoms with van der Waals surface area (Å²) in [6.45, 7) is 4.57. The molecular formula is C14H17BrN2O4. The summed E-state index contributed by atoms with van der Waals surface area (Å²) in [7, 11) is 0. The molecule has 1 aromatic rings. The Kier molecular flexibility index (Phi) is 4.95. The van der Waals surface area contributed by atoms with Gasteiger partial charge in [0, 0.05) is 24.5 Å². The van der Waals surface area contributed by atoms with Crippen LogP contribution in [0.15, 0.2) is 18.2 Å². The van der Waals surface area contributed by atoms with Gasteiger partial charge in [0.25, 0.3) is 11.6 Å². The van der Waals surface area contributed by atoms with Crippen molar-refractivity contribution in [2.75, 3.05) is 18.4 Å². The van der Waals surface area contributed by atoms with Crippen LogP contribution in [0, 0.1) is 17.0 Å². The summed E-state index contributed by atoms with van der Waals surface area (Å²) in [5, 5.41) is 11.7. The van der Waals surface area contributed by atoms with Gasteiger partial charge in [-0.3, -0.25) is 14.9 Å². The predicted octanol–water partition coefficient (Wildman–Crippen LogP) is 2.53. The average molecular weight is 357 g/mol. The molecule has 1 heterocycles. The van der Waals surface area contributed by atoms with Crippen LogP contribution in [0.4, 0.5) is 5.69 Å². The number of rotatable bonds is 3. The fraction of sp³-hybridized carbons (Fsp3) is 0.500. The SMILES string of the molecule is Cc1ccc([N+](=O)[O-])c(C(=O)N2CC(C)OC(CBr)C2)c1. The summed E-state index contributed by atoms with van der Waals surface area (Å²) >= 11 is 3.35. The molecule has 0 radical (unpaired) electrons. The fourth-order valence-corrected chi connectivity index (χ4v) is 2.80. The number of benzene rings is 1. The number of carbonyl (C=O) groups is 1. The standard InChI is InChI=1S/C14H17BrN2O4/c1-9-3-4-13(17(19)20)12(5-9)14(18)16-7-10(2)21-11(6-15)8-16/h3-5,10-11H,6-8H2,1-2H3. The minimum Gasteiger partial charge on any atom is -0.371 e. The molecule has 1 aromatic carbocycles. The lowest BCUT2D eigenvalue weighted by molar-refractivity contribution is -0.385. The molecule has 1 aliphatic rings. The van der Waals surface area contributed by atoms with E-state index in [9.17, 15) is 14.9 Å². The van der Waals surface area contributed by atoms with Crippen molar-refractivity contribution in [3.63, 3.8) is 0 Å². The fourth-order valence-electron chi connectivity index (χ4n) is 2.45. The number of alkyl halides is 1. The largest absolute Gasteiger partial charge is 0.371 e. The Bertz CT molecular complexity index is 564. The molecule has 1 fully saturated rings. The van der Waals surface area contributed by atoms with Crippen LogP contribution in [0.1, 0.15) is 22.8 Å². The smallest absolute Gasteiger partial charge is 0.282 e. The maximum Gasteiger partial charge on any atom is 0.282 e. The van der Waals surface area contributed by atoms with Crippen molar-refractivity contribution in [2.45, 2.75) is 26.1 Å². The molecule has 1 aliphatic heterocycles. The van der Waals surface area contributed by atoms with Crippen LogP contribution < -0.4 is 0 Å². The number of nitrogens with zero attached hydrogens (tertiary/aromatic N) is 2. The van der Waals surface area contributed by atoms with Crippen molar-refractivity contribution >= 4 is 27.5 Å². The highest BCUT2D eigenvalue weighted by atomic mass is 79.9. The second kappa shape index (κ2) is 6.53. The van der Waals surface area contributed by atoms with Gasteiger partial charge >= 0.3 is 0 Å². The van der Waals surface area contributed by atoms with Crippen molar-refractivity contribution in [3.05, 3.63) is 39.4 Å². The van der Waals surface area contributed by atoms with Gasteiger partial charge < -0.3 is 9.64 Å². The van der Waals surface area contributed by atoms with Crippen molar-refractivity contribution in [1.82, 2.24) is 4.90 Å². The molecule has 0 saturated carbocycles. The molecule has 6 nitrogen and oxygen atoms in total. The molecule has 7 heteroatoms. The molecule has 21 heavy (non-hydrogen) atoms. The third-order valence-corrected chi connectivity index (χ3v) is 4.09. The maximum atomic E-state index is 12.6. The first-order chi connectivity index (χ1) is 9.92. The molecule has 0 aromatic heterocycles. The van der Waals surface area contributed by atoms with Crippen molar-refractivity contribution in [3.8, 4) is 0 Å². The summed E-state index contributed by atoms with van der Waals surface area (Å²) in [6.07, 6.45) is -0.185. The van der Waals surface area contributed by atoms with Crippen LogP contribution in [0.25, 0.3) is 0 Å². The van der Waals surface area contributed by atoms with Crippen LogP contribution >= 0.6 is 15.9 Å². The van der Waals surface area contributed by atoms with E-state index >= 15 is 0 Å². The monoisotopic (exact) mass is 356 g/mol. The van der Waals surface area contributed by atoms with Gasteiger partial charge in [0.1, 0.15) is 5.56 Å². The summed E-state index contributed by atoms with van der Waals surface area (Å²) in [6, 6.07) is 4.59. The van der Waals surface area contributed by atoms with E-state index < -0.39 is 4.92 Å². The van der Waals surface area contributed by atoms with E-state index in [0.29, 0.717) is 18.4 Å². The maximum absolute atomic E-state index is 12.6. The number of aryl methyl sites for hydroxylation is 1. The van der Waals surface area contributed by atoms with E-state index in [1.54, 1.807) is 17.0 Å². The van der Waals surface area contributed by atoms with E-state index in [1.165, 1.54) is 6.07 Å². The number of amides is 1. The lowest BCUT2D eigenvalue weighted by Gasteiger charge is -2.36. The Labute approximate surface area is 131 Å². The van der Waals surface area contributed by atoms with E-state index in [2.05, 4.69) is 15.9 Å². The zero-order valence-corrected chi connectivity index (χ0v) is 13.5. The molecule has 2 rings (SSSR count). The van der Waals surface area contributed by atoms with Crippen LogP contribution in [0.5, 0.6) is 0 Å². The summed E-state index contributed by atoms with van der Waals surface area (Å²) in [4.78, 5) is 24.9. The number of hydrogen-bond donors (Lipinski definition) is 0. The number of ether oxygens (including phenoxy) is 1. The average Bonchev–Trinajstić information content (AvgIpc) is 2.45. The highest BCUT2D eigenvalue weighted by molar-refractivity contribution is 9.09. The minimum absolute atomic E-state index is 0.0888. The van der Waals surface area contributed by atoms with Gasteiger partial charge in [-0.2, -0.15) is 0 Å². The molecule has 0 N–H and O–H groups in total.